The molecule has 59 heavy (non-hydrogen) atoms. The summed E-state index contributed by atoms with van der Waals surface area (Å²) in [6.45, 7) is 4.60. The fourth-order valence-electron chi connectivity index (χ4n) is 9.20. The Labute approximate surface area is 363 Å². The van der Waals surface area contributed by atoms with Gasteiger partial charge in [0.2, 0.25) is 0 Å². The number of nitrogens with two attached hydrogens (primary N) is 2. The lowest BCUT2D eigenvalue weighted by Crippen LogP contribution is -2.02. The molecule has 0 aromatic heterocycles. The van der Waals surface area contributed by atoms with Crippen LogP contribution in [0.1, 0.15) is 232 Å². The molecule has 4 rings (SSSR count). The zero-order chi connectivity index (χ0) is 41.6. The second-order valence-electron chi connectivity index (χ2n) is 18.1. The largest absolute Gasteiger partial charge is 0.399 e. The van der Waals surface area contributed by atoms with Gasteiger partial charge in [-0.25, -0.2) is 0 Å². The van der Waals surface area contributed by atoms with E-state index in [0.717, 1.165) is 11.4 Å². The van der Waals surface area contributed by atoms with Gasteiger partial charge in [0.1, 0.15) is 0 Å². The molecular weight excluding hydrogens is 713 g/mol. The van der Waals surface area contributed by atoms with E-state index in [0.29, 0.717) is 11.8 Å². The Hall–Kier alpha value is -3.52. The molecule has 0 aliphatic heterocycles. The van der Waals surface area contributed by atoms with Crippen LogP contribution >= 0.6 is 0 Å². The Kier molecular flexibility index (Phi) is 24.9. The van der Waals surface area contributed by atoms with Gasteiger partial charge in [-0.1, -0.05) is 234 Å². The van der Waals surface area contributed by atoms with Crippen LogP contribution in [0.4, 0.5) is 11.4 Å². The molecule has 0 amide bonds. The normalized spacial score (nSPS) is 12.5. The average molecular weight is 799 g/mol. The third-order valence-corrected chi connectivity index (χ3v) is 13.1. The minimum Gasteiger partial charge on any atom is -0.399 e. The highest BCUT2D eigenvalue weighted by molar-refractivity contribution is 5.44. The molecule has 4 aromatic carbocycles. The van der Waals surface area contributed by atoms with E-state index >= 15 is 0 Å². The molecule has 0 fully saturated rings. The summed E-state index contributed by atoms with van der Waals surface area (Å²) in [4.78, 5) is 0. The molecule has 0 aliphatic rings. The van der Waals surface area contributed by atoms with E-state index in [1.165, 1.54) is 220 Å². The zero-order valence-corrected chi connectivity index (χ0v) is 38.1. The summed E-state index contributed by atoms with van der Waals surface area (Å²) in [5.74, 6) is 0.906. The summed E-state index contributed by atoms with van der Waals surface area (Å²) in [7, 11) is 0. The van der Waals surface area contributed by atoms with E-state index in [-0.39, 0.29) is 0 Å². The Bertz CT molecular complexity index is 1450. The fourth-order valence-corrected chi connectivity index (χ4v) is 9.20. The Morgan fingerprint density at radius 2 is 0.525 bits per heavy atom. The molecule has 2 nitrogen and oxygen atoms in total. The fraction of sp³-hybridized carbons (Fsp3) is 0.579. The first-order valence-corrected chi connectivity index (χ1v) is 25.0. The maximum atomic E-state index is 6.07. The van der Waals surface area contributed by atoms with Crippen LogP contribution in [0.25, 0.3) is 0 Å². The number of nitrogen functional groups attached to an aromatic ring is 2. The maximum absolute atomic E-state index is 6.07. The first kappa shape index (κ1) is 48.1. The van der Waals surface area contributed by atoms with Crippen LogP contribution < -0.4 is 11.5 Å². The number of aryl methyl sites for hydroxylation is 2. The predicted octanol–water partition coefficient (Wildman–Crippen LogP) is 17.5. The van der Waals surface area contributed by atoms with E-state index in [2.05, 4.69) is 111 Å². The van der Waals surface area contributed by atoms with Crippen molar-refractivity contribution in [3.8, 4) is 0 Å². The lowest BCUT2D eigenvalue weighted by atomic mass is 9.86. The van der Waals surface area contributed by atoms with Gasteiger partial charge in [-0.3, -0.25) is 0 Å². The molecular formula is C57H86N2. The van der Waals surface area contributed by atoms with Crippen LogP contribution in [0, 0.1) is 0 Å². The van der Waals surface area contributed by atoms with Gasteiger partial charge < -0.3 is 11.5 Å². The van der Waals surface area contributed by atoms with Crippen molar-refractivity contribution in [2.24, 2.45) is 0 Å². The van der Waals surface area contributed by atoms with Crippen molar-refractivity contribution in [2.45, 2.75) is 212 Å². The van der Waals surface area contributed by atoms with Crippen molar-refractivity contribution in [1.29, 1.82) is 0 Å². The number of unbranched alkanes of at least 4 members (excludes halogenated alkanes) is 22. The van der Waals surface area contributed by atoms with Gasteiger partial charge in [-0.15, -0.1) is 0 Å². The second kappa shape index (κ2) is 30.5. The Morgan fingerprint density at radius 3 is 0.814 bits per heavy atom. The molecule has 0 heterocycles. The third kappa shape index (κ3) is 20.1. The Morgan fingerprint density at radius 1 is 0.288 bits per heavy atom. The number of benzene rings is 4. The molecule has 0 bridgehead atoms. The van der Waals surface area contributed by atoms with Crippen molar-refractivity contribution >= 4 is 11.4 Å². The summed E-state index contributed by atoms with van der Waals surface area (Å²) in [5, 5.41) is 0. The van der Waals surface area contributed by atoms with E-state index < -0.39 is 0 Å². The monoisotopic (exact) mass is 799 g/mol. The zero-order valence-electron chi connectivity index (χ0n) is 38.1. The van der Waals surface area contributed by atoms with Crippen LogP contribution in [-0.2, 0) is 12.8 Å². The number of hydrogen-bond acceptors (Lipinski definition) is 2. The molecule has 0 saturated heterocycles. The summed E-state index contributed by atoms with van der Waals surface area (Å²) in [6, 6.07) is 36.5. The lowest BCUT2D eigenvalue weighted by Gasteiger charge is -2.19. The first-order chi connectivity index (χ1) is 29.1. The highest BCUT2D eigenvalue weighted by atomic mass is 14.5. The van der Waals surface area contributed by atoms with Crippen molar-refractivity contribution in [1.82, 2.24) is 0 Å². The number of hydrogen-bond donors (Lipinski definition) is 2. The molecule has 2 atom stereocenters. The van der Waals surface area contributed by atoms with Gasteiger partial charge in [-0.2, -0.15) is 0 Å². The number of rotatable bonds is 34. The highest BCUT2D eigenvalue weighted by Crippen LogP contribution is 2.33. The maximum Gasteiger partial charge on any atom is 0.0314 e. The van der Waals surface area contributed by atoms with Gasteiger partial charge in [0.25, 0.3) is 0 Å². The first-order valence-electron chi connectivity index (χ1n) is 25.0. The standard InChI is InChI=1S/C57H86N2/c1-3-5-7-9-11-13-15-17-22-26-30-56(52-40-44-54(58)45-41-52)50-36-32-48(33-37-50)28-24-20-19-21-25-29-49-34-38-51(39-35-49)57(53-42-46-55(59)47-43-53)31-27-23-18-16-14-12-10-8-6-4-2/h32-47,56-57H,3-31,58-59H2,1-2H3. The molecule has 0 radical (unpaired) electrons. The van der Waals surface area contributed by atoms with Crippen molar-refractivity contribution < 1.29 is 0 Å². The second-order valence-corrected chi connectivity index (χ2v) is 18.1. The summed E-state index contributed by atoms with van der Waals surface area (Å²) >= 11 is 0. The SMILES string of the molecule is CCCCCCCCCCCCC(c1ccc(N)cc1)c1ccc(CCCCCCCc2ccc(C(CCCCCCCCCCCC)c3ccc(N)cc3)cc2)cc1. The smallest absolute Gasteiger partial charge is 0.0314 e. The molecule has 4 aromatic rings. The topological polar surface area (TPSA) is 52.0 Å². The van der Waals surface area contributed by atoms with E-state index in [9.17, 15) is 0 Å². The summed E-state index contributed by atoms with van der Waals surface area (Å²) in [5.41, 5.74) is 22.5. The Balaban J connectivity index is 1.13. The average Bonchev–Trinajstić information content (AvgIpc) is 3.26. The minimum absolute atomic E-state index is 0.453. The van der Waals surface area contributed by atoms with Gasteiger partial charge in [0.15, 0.2) is 0 Å². The molecule has 0 spiro atoms. The van der Waals surface area contributed by atoms with Gasteiger partial charge in [0, 0.05) is 23.2 Å². The molecule has 4 N–H and O–H groups in total. The van der Waals surface area contributed by atoms with Crippen LogP contribution in [0.3, 0.4) is 0 Å². The van der Waals surface area contributed by atoms with Gasteiger partial charge >= 0.3 is 0 Å². The summed E-state index contributed by atoms with van der Waals surface area (Å²) in [6.07, 6.45) is 38.9. The summed E-state index contributed by atoms with van der Waals surface area (Å²) < 4.78 is 0. The quantitative estimate of drug-likeness (QED) is 0.0365. The number of anilines is 2. The minimum atomic E-state index is 0.453. The lowest BCUT2D eigenvalue weighted by molar-refractivity contribution is 0.540. The molecule has 2 unspecified atom stereocenters. The third-order valence-electron chi connectivity index (χ3n) is 13.1. The van der Waals surface area contributed by atoms with E-state index in [1.54, 1.807) is 0 Å². The van der Waals surface area contributed by atoms with Crippen LogP contribution in [0.15, 0.2) is 97.1 Å². The van der Waals surface area contributed by atoms with Crippen molar-refractivity contribution in [2.75, 3.05) is 11.5 Å². The van der Waals surface area contributed by atoms with E-state index in [1.807, 2.05) is 0 Å². The van der Waals surface area contributed by atoms with Gasteiger partial charge in [-0.05, 0) is 96.2 Å². The molecule has 0 aliphatic carbocycles. The predicted molar refractivity (Wildman–Crippen MR) is 262 cm³/mol. The molecule has 2 heteroatoms. The van der Waals surface area contributed by atoms with Crippen LogP contribution in [0.2, 0.25) is 0 Å². The van der Waals surface area contributed by atoms with Crippen LogP contribution in [-0.4, -0.2) is 0 Å². The van der Waals surface area contributed by atoms with E-state index in [4.69, 9.17) is 11.5 Å². The molecule has 0 saturated carbocycles. The van der Waals surface area contributed by atoms with Crippen LogP contribution in [0.5, 0.6) is 0 Å². The van der Waals surface area contributed by atoms with Crippen molar-refractivity contribution in [3.05, 3.63) is 130 Å². The van der Waals surface area contributed by atoms with Gasteiger partial charge in [0.05, 0.1) is 0 Å². The molecule has 324 valence electrons. The highest BCUT2D eigenvalue weighted by Gasteiger charge is 2.16. The van der Waals surface area contributed by atoms with Crippen molar-refractivity contribution in [3.63, 3.8) is 0 Å².